The van der Waals surface area contributed by atoms with Gasteiger partial charge >= 0.3 is 0 Å². The number of para-hydroxylation sites is 2. The van der Waals surface area contributed by atoms with Crippen LogP contribution in [0.3, 0.4) is 0 Å². The van der Waals surface area contributed by atoms with E-state index in [1.807, 2.05) is 42.5 Å². The lowest BCUT2D eigenvalue weighted by Crippen LogP contribution is -2.30. The largest absolute Gasteiger partial charge is 0.438 e. The number of H-pyrrole nitrogens is 1. The Labute approximate surface area is 190 Å². The number of nitrogens with one attached hydrogen (secondary N) is 1. The number of aromatic amines is 1. The zero-order valence-corrected chi connectivity index (χ0v) is 18.1. The van der Waals surface area contributed by atoms with Gasteiger partial charge in [-0.1, -0.05) is 18.2 Å². The van der Waals surface area contributed by atoms with Crippen LogP contribution in [0.5, 0.6) is 11.6 Å². The molecule has 2 aromatic carbocycles. The number of rotatable bonds is 5. The van der Waals surface area contributed by atoms with Crippen molar-refractivity contribution in [1.82, 2.24) is 19.9 Å². The molecule has 0 atom stereocenters. The van der Waals surface area contributed by atoms with E-state index in [1.54, 1.807) is 42.3 Å². The Bertz CT molecular complexity index is 1340. The highest BCUT2D eigenvalue weighted by Crippen LogP contribution is 2.33. The van der Waals surface area contributed by atoms with Gasteiger partial charge < -0.3 is 14.6 Å². The predicted octanol–water partition coefficient (Wildman–Crippen LogP) is 4.96. The van der Waals surface area contributed by atoms with Crippen LogP contribution in [0.2, 0.25) is 0 Å². The van der Waals surface area contributed by atoms with Crippen LogP contribution in [-0.2, 0) is 4.79 Å². The van der Waals surface area contributed by atoms with Gasteiger partial charge in [-0.2, -0.15) is 0 Å². The Morgan fingerprint density at radius 1 is 1.03 bits per heavy atom. The maximum Gasteiger partial charge on any atom is 0.228 e. The lowest BCUT2D eigenvalue weighted by Gasteiger charge is -2.28. The molecule has 5 rings (SSSR count). The highest BCUT2D eigenvalue weighted by Gasteiger charge is 2.22. The van der Waals surface area contributed by atoms with E-state index in [0.29, 0.717) is 29.6 Å². The molecule has 0 bridgehead atoms. The number of benzene rings is 2. The highest BCUT2D eigenvalue weighted by molar-refractivity contribution is 6.08. The summed E-state index contributed by atoms with van der Waals surface area (Å²) >= 11 is 0. The van der Waals surface area contributed by atoms with Crippen molar-refractivity contribution >= 4 is 28.4 Å². The minimum absolute atomic E-state index is 0.00999. The van der Waals surface area contributed by atoms with Gasteiger partial charge in [0.15, 0.2) is 5.82 Å². The van der Waals surface area contributed by atoms with Crippen molar-refractivity contribution in [2.75, 3.05) is 6.54 Å². The second kappa shape index (κ2) is 8.70. The van der Waals surface area contributed by atoms with Gasteiger partial charge in [0.2, 0.25) is 17.6 Å². The second-order valence-electron chi connectivity index (χ2n) is 7.82. The Hall–Kier alpha value is -4.26. The lowest BCUT2D eigenvalue weighted by atomic mass is 10.1. The van der Waals surface area contributed by atoms with Gasteiger partial charge in [-0.3, -0.25) is 9.59 Å². The fourth-order valence-electron chi connectivity index (χ4n) is 3.95. The van der Waals surface area contributed by atoms with Crippen LogP contribution in [0.4, 0.5) is 0 Å². The number of allylic oxidation sites excluding steroid dienone is 1. The van der Waals surface area contributed by atoms with E-state index in [4.69, 9.17) is 4.74 Å². The van der Waals surface area contributed by atoms with Crippen molar-refractivity contribution in [2.45, 2.75) is 19.8 Å². The predicted molar refractivity (Wildman–Crippen MR) is 125 cm³/mol. The fraction of sp³-hybridized carbons (Fsp3) is 0.154. The number of pyridine rings is 1. The summed E-state index contributed by atoms with van der Waals surface area (Å²) < 4.78 is 6.05. The molecule has 33 heavy (non-hydrogen) atoms. The first kappa shape index (κ1) is 20.6. The molecule has 4 aromatic rings. The number of fused-ring (bicyclic) bond motifs is 1. The number of hydrogen-bond donors (Lipinski definition) is 1. The average molecular weight is 438 g/mol. The zero-order chi connectivity index (χ0) is 22.8. The molecule has 0 radical (unpaired) electrons. The molecule has 7 heteroatoms. The molecule has 0 unspecified atom stereocenters. The average Bonchev–Trinajstić information content (AvgIpc) is 3.29. The number of ketones is 1. The maximum atomic E-state index is 12.9. The van der Waals surface area contributed by atoms with Gasteiger partial charge in [-0.15, -0.1) is 0 Å². The molecule has 2 aromatic heterocycles. The van der Waals surface area contributed by atoms with Crippen molar-refractivity contribution in [3.8, 4) is 11.6 Å². The van der Waals surface area contributed by atoms with Gasteiger partial charge in [0, 0.05) is 25.2 Å². The van der Waals surface area contributed by atoms with E-state index in [9.17, 15) is 9.59 Å². The van der Waals surface area contributed by atoms with Crippen LogP contribution in [-0.4, -0.2) is 38.1 Å². The normalized spacial score (nSPS) is 13.6. The summed E-state index contributed by atoms with van der Waals surface area (Å²) in [4.78, 5) is 38.6. The van der Waals surface area contributed by atoms with Crippen LogP contribution in [0, 0.1) is 0 Å². The van der Waals surface area contributed by atoms with E-state index in [1.165, 1.54) is 0 Å². The number of carbonyl (C=O) groups is 2. The molecular weight excluding hydrogens is 416 g/mol. The summed E-state index contributed by atoms with van der Waals surface area (Å²) in [7, 11) is 0. The summed E-state index contributed by atoms with van der Waals surface area (Å²) in [5.41, 5.74) is 3.64. The first-order valence-electron chi connectivity index (χ1n) is 10.8. The standard InChI is InChI=1S/C26H22N4O3/c1-17(31)30-16-5-4-10-23(30)20-7-6-15-27-26(20)33-19-13-11-18(12-14-19)24(32)25-28-21-8-2-3-9-22(21)29-25/h2-3,6-15H,4-5,16H2,1H3,(H,28,29). The number of imidazole rings is 1. The highest BCUT2D eigenvalue weighted by atomic mass is 16.5. The van der Waals surface area contributed by atoms with Gasteiger partial charge in [-0.05, 0) is 61.4 Å². The number of hydrogen-bond acceptors (Lipinski definition) is 5. The quantitative estimate of drug-likeness (QED) is 0.445. The second-order valence-corrected chi connectivity index (χ2v) is 7.82. The summed E-state index contributed by atoms with van der Waals surface area (Å²) in [5.74, 6) is 1.05. The summed E-state index contributed by atoms with van der Waals surface area (Å²) in [6.07, 6.45) is 5.52. The van der Waals surface area contributed by atoms with Crippen LogP contribution in [0.25, 0.3) is 16.7 Å². The van der Waals surface area contributed by atoms with Crippen molar-refractivity contribution < 1.29 is 14.3 Å². The van der Waals surface area contributed by atoms with E-state index >= 15 is 0 Å². The number of nitrogens with zero attached hydrogens (tertiary/aromatic N) is 3. The monoisotopic (exact) mass is 438 g/mol. The molecule has 3 heterocycles. The van der Waals surface area contributed by atoms with Gasteiger partial charge in [0.25, 0.3) is 0 Å². The molecule has 0 saturated heterocycles. The van der Waals surface area contributed by atoms with Crippen LogP contribution in [0.15, 0.2) is 72.9 Å². The van der Waals surface area contributed by atoms with E-state index in [2.05, 4.69) is 15.0 Å². The first-order valence-corrected chi connectivity index (χ1v) is 10.8. The third-order valence-corrected chi connectivity index (χ3v) is 5.58. The van der Waals surface area contributed by atoms with E-state index in [0.717, 1.165) is 35.1 Å². The molecule has 164 valence electrons. The molecule has 7 nitrogen and oxygen atoms in total. The summed E-state index contributed by atoms with van der Waals surface area (Å²) in [6, 6.07) is 18.1. The van der Waals surface area contributed by atoms with Crippen molar-refractivity contribution in [3.63, 3.8) is 0 Å². The number of carbonyl (C=O) groups excluding carboxylic acids is 2. The maximum absolute atomic E-state index is 12.9. The SMILES string of the molecule is CC(=O)N1CCCC=C1c1cccnc1Oc1ccc(C(=O)c2nc3ccccc3[nH]2)cc1. The first-order chi connectivity index (χ1) is 16.1. The van der Waals surface area contributed by atoms with Crippen molar-refractivity contribution in [2.24, 2.45) is 0 Å². The van der Waals surface area contributed by atoms with Crippen molar-refractivity contribution in [1.29, 1.82) is 0 Å². The smallest absolute Gasteiger partial charge is 0.228 e. The Kier molecular flexibility index (Phi) is 5.44. The molecule has 0 fully saturated rings. The molecule has 0 spiro atoms. The van der Waals surface area contributed by atoms with Gasteiger partial charge in [0.05, 0.1) is 22.3 Å². The summed E-state index contributed by atoms with van der Waals surface area (Å²) in [6.45, 7) is 2.24. The Morgan fingerprint density at radius 2 is 1.85 bits per heavy atom. The molecular formula is C26H22N4O3. The lowest BCUT2D eigenvalue weighted by molar-refractivity contribution is -0.125. The molecule has 1 aliphatic heterocycles. The minimum Gasteiger partial charge on any atom is -0.438 e. The van der Waals surface area contributed by atoms with Crippen LogP contribution in [0.1, 0.15) is 41.5 Å². The third kappa shape index (κ3) is 4.13. The number of amides is 1. The summed E-state index contributed by atoms with van der Waals surface area (Å²) in [5, 5.41) is 0. The fourth-order valence-corrected chi connectivity index (χ4v) is 3.95. The number of ether oxygens (including phenoxy) is 1. The third-order valence-electron chi connectivity index (χ3n) is 5.58. The topological polar surface area (TPSA) is 88.2 Å². The molecule has 1 amide bonds. The van der Waals surface area contributed by atoms with Gasteiger partial charge in [0.1, 0.15) is 5.75 Å². The minimum atomic E-state index is -0.194. The van der Waals surface area contributed by atoms with E-state index < -0.39 is 0 Å². The van der Waals surface area contributed by atoms with Crippen LogP contribution >= 0.6 is 0 Å². The molecule has 1 aliphatic rings. The van der Waals surface area contributed by atoms with Gasteiger partial charge in [-0.25, -0.2) is 9.97 Å². The molecule has 0 aliphatic carbocycles. The number of aromatic nitrogens is 3. The van der Waals surface area contributed by atoms with Crippen LogP contribution < -0.4 is 4.74 Å². The Morgan fingerprint density at radius 3 is 2.64 bits per heavy atom. The van der Waals surface area contributed by atoms with Crippen molar-refractivity contribution in [3.05, 3.63) is 89.9 Å². The Balaban J connectivity index is 1.38. The molecule has 0 saturated carbocycles. The zero-order valence-electron chi connectivity index (χ0n) is 18.1. The van der Waals surface area contributed by atoms with E-state index in [-0.39, 0.29) is 11.7 Å². The molecule has 1 N–H and O–H groups in total.